The van der Waals surface area contributed by atoms with Crippen molar-refractivity contribution in [3.05, 3.63) is 45.9 Å². The summed E-state index contributed by atoms with van der Waals surface area (Å²) in [4.78, 5) is 4.10. The zero-order valence-electron chi connectivity index (χ0n) is 8.24. The molecule has 2 rings (SSSR count). The molecule has 3 nitrogen and oxygen atoms in total. The topological polar surface area (TPSA) is 50.9 Å². The van der Waals surface area contributed by atoms with Crippen LogP contribution in [0.15, 0.2) is 36.5 Å². The van der Waals surface area contributed by atoms with E-state index in [1.807, 2.05) is 0 Å². The minimum absolute atomic E-state index is 0.260. The van der Waals surface area contributed by atoms with Gasteiger partial charge in [-0.1, -0.05) is 0 Å². The number of anilines is 3. The third-order valence-corrected chi connectivity index (χ3v) is 2.92. The van der Waals surface area contributed by atoms with Crippen LogP contribution in [0, 0.1) is 9.39 Å². The first kappa shape index (κ1) is 11.1. The SMILES string of the molecule is Nc1cccnc1Nc1ccc(F)cc1I. The van der Waals surface area contributed by atoms with E-state index in [9.17, 15) is 4.39 Å². The van der Waals surface area contributed by atoms with Crippen LogP contribution in [0.25, 0.3) is 0 Å². The summed E-state index contributed by atoms with van der Waals surface area (Å²) in [5, 5.41) is 3.06. The normalized spacial score (nSPS) is 10.1. The Kier molecular flexibility index (Phi) is 3.23. The molecule has 1 aromatic heterocycles. The van der Waals surface area contributed by atoms with E-state index in [4.69, 9.17) is 5.73 Å². The largest absolute Gasteiger partial charge is 0.396 e. The number of hydrogen-bond donors (Lipinski definition) is 2. The van der Waals surface area contributed by atoms with E-state index in [2.05, 4.69) is 32.9 Å². The van der Waals surface area contributed by atoms with E-state index in [0.717, 1.165) is 9.26 Å². The van der Waals surface area contributed by atoms with Crippen LogP contribution in [0.1, 0.15) is 0 Å². The molecule has 0 atom stereocenters. The molecule has 82 valence electrons. The molecule has 0 aliphatic rings. The third-order valence-electron chi connectivity index (χ3n) is 2.02. The number of hydrogen-bond acceptors (Lipinski definition) is 3. The molecule has 1 aromatic carbocycles. The Bertz CT molecular complexity index is 516. The maximum absolute atomic E-state index is 12.9. The molecule has 0 fully saturated rings. The number of pyridine rings is 1. The van der Waals surface area contributed by atoms with E-state index < -0.39 is 0 Å². The number of halogens is 2. The van der Waals surface area contributed by atoms with Gasteiger partial charge in [-0.3, -0.25) is 0 Å². The molecule has 0 saturated heterocycles. The van der Waals surface area contributed by atoms with Gasteiger partial charge < -0.3 is 11.1 Å². The van der Waals surface area contributed by atoms with E-state index in [1.165, 1.54) is 12.1 Å². The van der Waals surface area contributed by atoms with Gasteiger partial charge in [-0.25, -0.2) is 9.37 Å². The summed E-state index contributed by atoms with van der Waals surface area (Å²) >= 11 is 2.05. The summed E-state index contributed by atoms with van der Waals surface area (Å²) in [6, 6.07) is 8.01. The van der Waals surface area contributed by atoms with Gasteiger partial charge in [0.05, 0.1) is 11.4 Å². The average Bonchev–Trinajstić information content (AvgIpc) is 2.25. The number of aromatic nitrogens is 1. The summed E-state index contributed by atoms with van der Waals surface area (Å²) in [5.74, 6) is 0.316. The number of nitrogens with zero attached hydrogens (tertiary/aromatic N) is 1. The summed E-state index contributed by atoms with van der Waals surface area (Å²) in [5.41, 5.74) is 7.09. The lowest BCUT2D eigenvalue weighted by atomic mass is 10.3. The molecule has 0 saturated carbocycles. The van der Waals surface area contributed by atoms with Crippen LogP contribution in [0.5, 0.6) is 0 Å². The highest BCUT2D eigenvalue weighted by molar-refractivity contribution is 14.1. The number of rotatable bonds is 2. The second-order valence-electron chi connectivity index (χ2n) is 3.19. The van der Waals surface area contributed by atoms with Crippen molar-refractivity contribution in [1.29, 1.82) is 0 Å². The van der Waals surface area contributed by atoms with Crippen molar-refractivity contribution in [3.63, 3.8) is 0 Å². The van der Waals surface area contributed by atoms with E-state index in [0.29, 0.717) is 11.5 Å². The third kappa shape index (κ3) is 2.41. The molecule has 2 aromatic rings. The fourth-order valence-corrected chi connectivity index (χ4v) is 1.85. The number of nitrogen functional groups attached to an aromatic ring is 1. The quantitative estimate of drug-likeness (QED) is 0.832. The molecule has 0 bridgehead atoms. The van der Waals surface area contributed by atoms with Crippen LogP contribution in [0.4, 0.5) is 21.6 Å². The van der Waals surface area contributed by atoms with Gasteiger partial charge in [0.2, 0.25) is 0 Å². The smallest absolute Gasteiger partial charge is 0.153 e. The summed E-state index contributed by atoms with van der Waals surface area (Å²) in [6.45, 7) is 0. The lowest BCUT2D eigenvalue weighted by molar-refractivity contribution is 0.627. The maximum Gasteiger partial charge on any atom is 0.153 e. The molecule has 16 heavy (non-hydrogen) atoms. The molecule has 0 radical (unpaired) electrons. The number of benzene rings is 1. The predicted octanol–water partition coefficient (Wildman–Crippen LogP) is 3.15. The Hall–Kier alpha value is -1.37. The summed E-state index contributed by atoms with van der Waals surface area (Å²) < 4.78 is 13.7. The lowest BCUT2D eigenvalue weighted by Gasteiger charge is -2.09. The molecule has 0 amide bonds. The summed E-state index contributed by atoms with van der Waals surface area (Å²) in [7, 11) is 0. The molecular formula is C11H9FIN3. The van der Waals surface area contributed by atoms with Crippen LogP contribution in [0.2, 0.25) is 0 Å². The first-order valence-electron chi connectivity index (χ1n) is 4.59. The van der Waals surface area contributed by atoms with Gasteiger partial charge in [-0.05, 0) is 52.9 Å². The van der Waals surface area contributed by atoms with Crippen molar-refractivity contribution in [1.82, 2.24) is 4.98 Å². The Balaban J connectivity index is 2.31. The first-order chi connectivity index (χ1) is 7.66. The molecule has 0 unspecified atom stereocenters. The minimum Gasteiger partial charge on any atom is -0.396 e. The second-order valence-corrected chi connectivity index (χ2v) is 4.35. The van der Waals surface area contributed by atoms with Crippen LogP contribution in [-0.2, 0) is 0 Å². The Morgan fingerprint density at radius 3 is 2.81 bits per heavy atom. The fourth-order valence-electron chi connectivity index (χ4n) is 1.24. The Morgan fingerprint density at radius 2 is 2.12 bits per heavy atom. The van der Waals surface area contributed by atoms with Gasteiger partial charge in [0.25, 0.3) is 0 Å². The Morgan fingerprint density at radius 1 is 1.31 bits per heavy atom. The van der Waals surface area contributed by atoms with Crippen molar-refractivity contribution >= 4 is 39.8 Å². The highest BCUT2D eigenvalue weighted by atomic mass is 127. The average molecular weight is 329 g/mol. The molecular weight excluding hydrogens is 320 g/mol. The predicted molar refractivity (Wildman–Crippen MR) is 71.0 cm³/mol. The van der Waals surface area contributed by atoms with Crippen LogP contribution in [-0.4, -0.2) is 4.98 Å². The van der Waals surface area contributed by atoms with E-state index >= 15 is 0 Å². The van der Waals surface area contributed by atoms with Crippen molar-refractivity contribution in [2.75, 3.05) is 11.1 Å². The lowest BCUT2D eigenvalue weighted by Crippen LogP contribution is -2.00. The van der Waals surface area contributed by atoms with Crippen molar-refractivity contribution < 1.29 is 4.39 Å². The Labute approximate surface area is 106 Å². The molecule has 0 spiro atoms. The molecule has 0 aliphatic heterocycles. The van der Waals surface area contributed by atoms with Gasteiger partial charge in [0.15, 0.2) is 5.82 Å². The van der Waals surface area contributed by atoms with E-state index in [-0.39, 0.29) is 5.82 Å². The van der Waals surface area contributed by atoms with Crippen molar-refractivity contribution in [2.45, 2.75) is 0 Å². The standard InChI is InChI=1S/C11H9FIN3/c12-7-3-4-10(8(13)6-7)16-11-9(14)2-1-5-15-11/h1-6H,14H2,(H,15,16). The van der Waals surface area contributed by atoms with Crippen LogP contribution < -0.4 is 11.1 Å². The molecule has 3 N–H and O–H groups in total. The highest BCUT2D eigenvalue weighted by Crippen LogP contribution is 2.24. The highest BCUT2D eigenvalue weighted by Gasteiger charge is 2.04. The zero-order valence-corrected chi connectivity index (χ0v) is 10.4. The number of nitrogens with two attached hydrogens (primary N) is 1. The molecule has 5 heteroatoms. The van der Waals surface area contributed by atoms with Crippen LogP contribution >= 0.6 is 22.6 Å². The minimum atomic E-state index is -0.260. The maximum atomic E-state index is 12.9. The molecule has 1 heterocycles. The van der Waals surface area contributed by atoms with Gasteiger partial charge >= 0.3 is 0 Å². The van der Waals surface area contributed by atoms with Gasteiger partial charge in [0.1, 0.15) is 5.82 Å². The fraction of sp³-hybridized carbons (Fsp3) is 0. The first-order valence-corrected chi connectivity index (χ1v) is 5.67. The number of nitrogens with one attached hydrogen (secondary N) is 1. The molecule has 0 aliphatic carbocycles. The van der Waals surface area contributed by atoms with Gasteiger partial charge in [-0.15, -0.1) is 0 Å². The monoisotopic (exact) mass is 329 g/mol. The second kappa shape index (κ2) is 4.65. The van der Waals surface area contributed by atoms with Crippen LogP contribution in [0.3, 0.4) is 0 Å². The summed E-state index contributed by atoms with van der Waals surface area (Å²) in [6.07, 6.45) is 1.65. The zero-order chi connectivity index (χ0) is 11.5. The van der Waals surface area contributed by atoms with Crippen molar-refractivity contribution in [3.8, 4) is 0 Å². The van der Waals surface area contributed by atoms with Crippen molar-refractivity contribution in [2.24, 2.45) is 0 Å². The van der Waals surface area contributed by atoms with Gasteiger partial charge in [-0.2, -0.15) is 0 Å². The van der Waals surface area contributed by atoms with E-state index in [1.54, 1.807) is 24.4 Å². The van der Waals surface area contributed by atoms with Gasteiger partial charge in [0, 0.05) is 9.77 Å².